The van der Waals surface area contributed by atoms with E-state index < -0.39 is 11.6 Å². The lowest BCUT2D eigenvalue weighted by molar-refractivity contribution is -0.125. The maximum Gasteiger partial charge on any atom is 0.319 e. The number of hydrogen-bond acceptors (Lipinski definition) is 3. The molecule has 3 amide bonds. The van der Waals surface area contributed by atoms with Gasteiger partial charge in [0, 0.05) is 12.2 Å². The molecule has 2 aromatic carbocycles. The van der Waals surface area contributed by atoms with Gasteiger partial charge in [0.05, 0.1) is 11.2 Å². The molecule has 1 unspecified atom stereocenters. The molecular formula is C25H29N3O3. The van der Waals surface area contributed by atoms with Crippen molar-refractivity contribution >= 4 is 28.9 Å². The highest BCUT2D eigenvalue weighted by molar-refractivity contribution is 6.01. The molecular weight excluding hydrogens is 390 g/mol. The first-order chi connectivity index (χ1) is 14.6. The lowest BCUT2D eigenvalue weighted by Crippen LogP contribution is -2.45. The first-order valence-electron chi connectivity index (χ1n) is 10.2. The van der Waals surface area contributed by atoms with Crippen LogP contribution in [0.4, 0.5) is 16.2 Å². The Morgan fingerprint density at radius 2 is 2.00 bits per heavy atom. The van der Waals surface area contributed by atoms with Gasteiger partial charge in [0.2, 0.25) is 0 Å². The summed E-state index contributed by atoms with van der Waals surface area (Å²) in [6, 6.07) is 12.8. The van der Waals surface area contributed by atoms with Crippen LogP contribution in [0.1, 0.15) is 38.8 Å². The number of carbonyl (C=O) groups excluding carboxylic acids is 2. The van der Waals surface area contributed by atoms with Gasteiger partial charge in [-0.1, -0.05) is 36.4 Å². The molecule has 0 radical (unpaired) electrons. The van der Waals surface area contributed by atoms with Crippen molar-refractivity contribution in [2.75, 3.05) is 16.8 Å². The topological polar surface area (TPSA) is 70.7 Å². The van der Waals surface area contributed by atoms with Gasteiger partial charge in [0.25, 0.3) is 5.91 Å². The zero-order valence-corrected chi connectivity index (χ0v) is 18.5. The van der Waals surface area contributed by atoms with Crippen LogP contribution in [-0.4, -0.2) is 24.6 Å². The van der Waals surface area contributed by atoms with Crippen molar-refractivity contribution in [3.63, 3.8) is 0 Å². The minimum atomic E-state index is -0.604. The summed E-state index contributed by atoms with van der Waals surface area (Å²) < 4.78 is 5.69. The molecule has 31 heavy (non-hydrogen) atoms. The Balaban J connectivity index is 1.78. The fraction of sp³-hybridized carbons (Fsp3) is 0.280. The Bertz CT molecular complexity index is 1040. The Hall–Kier alpha value is -3.54. The van der Waals surface area contributed by atoms with E-state index in [2.05, 4.69) is 23.8 Å². The molecule has 0 aromatic heterocycles. The number of benzene rings is 2. The molecule has 1 aliphatic heterocycles. The second-order valence-electron chi connectivity index (χ2n) is 8.25. The maximum absolute atomic E-state index is 12.7. The van der Waals surface area contributed by atoms with Crippen molar-refractivity contribution in [1.29, 1.82) is 0 Å². The second kappa shape index (κ2) is 8.68. The lowest BCUT2D eigenvalue weighted by atomic mass is 9.92. The molecule has 0 saturated carbocycles. The predicted molar refractivity (Wildman–Crippen MR) is 125 cm³/mol. The molecule has 0 fully saturated rings. The van der Waals surface area contributed by atoms with Crippen molar-refractivity contribution in [2.24, 2.45) is 0 Å². The first kappa shape index (κ1) is 22.2. The van der Waals surface area contributed by atoms with Crippen molar-refractivity contribution in [3.8, 4) is 5.75 Å². The molecule has 6 heteroatoms. The standard InChI is InChI=1S/C25H29N3O3/c1-7-13-28-21-15-20(11-12-22(21)31-17(4)23(28)29)26-24(30)27-25(5,6)19-10-8-9-18(14-19)16(2)3/h7-12,14-15,17H,1-2,13H2,3-6H3,(H2,26,27,30). The van der Waals surface area contributed by atoms with Crippen molar-refractivity contribution in [2.45, 2.75) is 39.3 Å². The summed E-state index contributed by atoms with van der Waals surface area (Å²) in [6.07, 6.45) is 1.10. The zero-order chi connectivity index (χ0) is 22.8. The molecule has 2 aromatic rings. The van der Waals surface area contributed by atoms with Crippen LogP contribution >= 0.6 is 0 Å². The third-order valence-electron chi connectivity index (χ3n) is 5.24. The summed E-state index contributed by atoms with van der Waals surface area (Å²) in [6.45, 7) is 15.6. The summed E-state index contributed by atoms with van der Waals surface area (Å²) in [5.74, 6) is 0.448. The molecule has 1 heterocycles. The van der Waals surface area contributed by atoms with E-state index in [4.69, 9.17) is 4.74 Å². The van der Waals surface area contributed by atoms with E-state index >= 15 is 0 Å². The van der Waals surface area contributed by atoms with Crippen LogP contribution in [0.3, 0.4) is 0 Å². The lowest BCUT2D eigenvalue weighted by Gasteiger charge is -2.32. The van der Waals surface area contributed by atoms with E-state index in [0.717, 1.165) is 16.7 Å². The maximum atomic E-state index is 12.7. The quantitative estimate of drug-likeness (QED) is 0.642. The zero-order valence-electron chi connectivity index (χ0n) is 18.5. The number of allylic oxidation sites excluding steroid dienone is 1. The largest absolute Gasteiger partial charge is 0.479 e. The molecule has 6 nitrogen and oxygen atoms in total. The average Bonchev–Trinajstić information content (AvgIpc) is 2.71. The van der Waals surface area contributed by atoms with Gasteiger partial charge >= 0.3 is 6.03 Å². The SMILES string of the molecule is C=CCN1C(=O)C(C)Oc2ccc(NC(=O)NC(C)(C)c3cccc(C(=C)C)c3)cc21. The number of carbonyl (C=O) groups is 2. The van der Waals surface area contributed by atoms with Crippen molar-refractivity contribution in [1.82, 2.24) is 5.32 Å². The summed E-state index contributed by atoms with van der Waals surface area (Å²) in [5.41, 5.74) is 3.53. The molecule has 0 saturated heterocycles. The Labute approximate surface area is 183 Å². The van der Waals surface area contributed by atoms with E-state index in [1.807, 2.05) is 45.0 Å². The predicted octanol–water partition coefficient (Wildman–Crippen LogP) is 5.08. The molecule has 0 aliphatic carbocycles. The molecule has 1 atom stereocenters. The highest BCUT2D eigenvalue weighted by atomic mass is 16.5. The van der Waals surface area contributed by atoms with Crippen LogP contribution in [0.25, 0.3) is 5.57 Å². The van der Waals surface area contributed by atoms with Gasteiger partial charge in [0.1, 0.15) is 5.75 Å². The van der Waals surface area contributed by atoms with Crippen LogP contribution in [0.5, 0.6) is 5.75 Å². The van der Waals surface area contributed by atoms with Gasteiger partial charge in [-0.05, 0) is 63.1 Å². The summed E-state index contributed by atoms with van der Waals surface area (Å²) in [5, 5.41) is 5.87. The van der Waals surface area contributed by atoms with Crippen molar-refractivity contribution in [3.05, 3.63) is 72.8 Å². The van der Waals surface area contributed by atoms with Gasteiger partial charge in [-0.3, -0.25) is 4.79 Å². The Morgan fingerprint density at radius 3 is 2.68 bits per heavy atom. The van der Waals surface area contributed by atoms with Crippen molar-refractivity contribution < 1.29 is 14.3 Å². The average molecular weight is 420 g/mol. The number of hydrogen-bond donors (Lipinski definition) is 2. The molecule has 3 rings (SSSR count). The number of amides is 3. The molecule has 1 aliphatic rings. The van der Waals surface area contributed by atoms with E-state index in [-0.39, 0.29) is 11.9 Å². The fourth-order valence-corrected chi connectivity index (χ4v) is 3.49. The second-order valence-corrected chi connectivity index (χ2v) is 8.25. The monoisotopic (exact) mass is 419 g/mol. The van der Waals surface area contributed by atoms with Gasteiger partial charge in [0.15, 0.2) is 6.10 Å². The number of nitrogens with one attached hydrogen (secondary N) is 2. The Morgan fingerprint density at radius 1 is 1.26 bits per heavy atom. The fourth-order valence-electron chi connectivity index (χ4n) is 3.49. The summed E-state index contributed by atoms with van der Waals surface area (Å²) in [7, 11) is 0. The normalized spacial score (nSPS) is 15.5. The number of ether oxygens (including phenoxy) is 1. The minimum absolute atomic E-state index is 0.146. The first-order valence-corrected chi connectivity index (χ1v) is 10.2. The number of anilines is 2. The number of rotatable bonds is 6. The highest BCUT2D eigenvalue weighted by Gasteiger charge is 2.31. The van der Waals surface area contributed by atoms with Crippen LogP contribution in [0.2, 0.25) is 0 Å². The van der Waals surface area contributed by atoms with E-state index in [0.29, 0.717) is 23.7 Å². The highest BCUT2D eigenvalue weighted by Crippen LogP contribution is 2.36. The number of nitrogens with zero attached hydrogens (tertiary/aromatic N) is 1. The smallest absolute Gasteiger partial charge is 0.319 e. The number of fused-ring (bicyclic) bond motifs is 1. The summed E-state index contributed by atoms with van der Waals surface area (Å²) in [4.78, 5) is 26.8. The molecule has 162 valence electrons. The van der Waals surface area contributed by atoms with E-state index in [1.54, 1.807) is 36.1 Å². The summed E-state index contributed by atoms with van der Waals surface area (Å²) >= 11 is 0. The number of urea groups is 1. The molecule has 0 spiro atoms. The third-order valence-corrected chi connectivity index (χ3v) is 5.24. The molecule has 2 N–H and O–H groups in total. The van der Waals surface area contributed by atoms with Gasteiger partial charge in [-0.15, -0.1) is 6.58 Å². The van der Waals surface area contributed by atoms with Crippen LogP contribution in [0, 0.1) is 0 Å². The van der Waals surface area contributed by atoms with E-state index in [9.17, 15) is 9.59 Å². The van der Waals surface area contributed by atoms with Crippen LogP contribution in [0.15, 0.2) is 61.7 Å². The third kappa shape index (κ3) is 4.79. The van der Waals surface area contributed by atoms with E-state index in [1.165, 1.54) is 0 Å². The minimum Gasteiger partial charge on any atom is -0.479 e. The molecule has 0 bridgehead atoms. The Kier molecular flexibility index (Phi) is 6.20. The van der Waals surface area contributed by atoms with Crippen LogP contribution in [-0.2, 0) is 10.3 Å². The van der Waals surface area contributed by atoms with Gasteiger partial charge in [-0.25, -0.2) is 4.79 Å². The van der Waals surface area contributed by atoms with Gasteiger partial charge < -0.3 is 20.3 Å². The van der Waals surface area contributed by atoms with Crippen LogP contribution < -0.4 is 20.3 Å². The van der Waals surface area contributed by atoms with Gasteiger partial charge in [-0.2, -0.15) is 0 Å².